The molecule has 0 aliphatic carbocycles. The van der Waals surface area contributed by atoms with E-state index in [2.05, 4.69) is 37.8 Å². The zero-order valence-corrected chi connectivity index (χ0v) is 15.2. The molecule has 0 atom stereocenters. The number of halogens is 1. The summed E-state index contributed by atoms with van der Waals surface area (Å²) in [6.45, 7) is 5.00. The number of pyridine rings is 1. The number of piperazine rings is 1. The van der Waals surface area contributed by atoms with E-state index in [9.17, 15) is 4.79 Å². The van der Waals surface area contributed by atoms with Gasteiger partial charge < -0.3 is 15.1 Å². The number of anilines is 2. The molecule has 2 amide bonds. The fourth-order valence-corrected chi connectivity index (χ4v) is 3.16. The highest BCUT2D eigenvalue weighted by atomic mass is 127. The maximum Gasteiger partial charge on any atom is 0.321 e. The second kappa shape index (κ2) is 7.16. The summed E-state index contributed by atoms with van der Waals surface area (Å²) in [6.07, 6.45) is 0. The van der Waals surface area contributed by atoms with E-state index in [0.717, 1.165) is 33.9 Å². The molecular weight excluding hydrogens is 403 g/mol. The van der Waals surface area contributed by atoms with Crippen molar-refractivity contribution in [2.24, 2.45) is 0 Å². The smallest absolute Gasteiger partial charge is 0.321 e. The average molecular weight is 422 g/mol. The van der Waals surface area contributed by atoms with E-state index >= 15 is 0 Å². The summed E-state index contributed by atoms with van der Waals surface area (Å²) in [5.74, 6) is 0.989. The molecular formula is C17H19IN4O. The molecule has 0 spiro atoms. The number of benzene rings is 1. The van der Waals surface area contributed by atoms with Crippen molar-refractivity contribution < 1.29 is 4.79 Å². The Morgan fingerprint density at radius 2 is 1.87 bits per heavy atom. The van der Waals surface area contributed by atoms with Crippen LogP contribution in [0.25, 0.3) is 0 Å². The van der Waals surface area contributed by atoms with Crippen molar-refractivity contribution in [2.75, 3.05) is 36.4 Å². The van der Waals surface area contributed by atoms with Gasteiger partial charge in [0.25, 0.3) is 0 Å². The highest BCUT2D eigenvalue weighted by Gasteiger charge is 2.21. The Bertz CT molecular complexity index is 698. The molecule has 1 fully saturated rings. The quantitative estimate of drug-likeness (QED) is 0.756. The van der Waals surface area contributed by atoms with Gasteiger partial charge in [0.05, 0.1) is 0 Å². The first-order valence-electron chi connectivity index (χ1n) is 7.62. The van der Waals surface area contributed by atoms with Crippen molar-refractivity contribution >= 4 is 40.1 Å². The molecule has 1 N–H and O–H groups in total. The van der Waals surface area contributed by atoms with E-state index in [1.54, 1.807) is 0 Å². The Kier molecular flexibility index (Phi) is 5.00. The molecule has 6 heteroatoms. The van der Waals surface area contributed by atoms with Gasteiger partial charge in [0.2, 0.25) is 0 Å². The molecule has 23 heavy (non-hydrogen) atoms. The molecule has 0 unspecified atom stereocenters. The van der Waals surface area contributed by atoms with Crippen molar-refractivity contribution in [3.8, 4) is 0 Å². The second-order valence-electron chi connectivity index (χ2n) is 5.55. The standard InChI is InChI=1S/C17H19IN4O/c1-13-4-2-7-16(19-13)21-8-10-22(11-9-21)17(23)20-15-6-3-5-14(18)12-15/h2-7,12H,8-11H2,1H3,(H,20,23). The largest absolute Gasteiger partial charge is 0.353 e. The Hall–Kier alpha value is -1.83. The molecule has 2 heterocycles. The van der Waals surface area contributed by atoms with Crippen LogP contribution in [0.15, 0.2) is 42.5 Å². The molecule has 0 saturated carbocycles. The predicted octanol–water partition coefficient (Wildman–Crippen LogP) is 3.35. The van der Waals surface area contributed by atoms with Crippen molar-refractivity contribution in [2.45, 2.75) is 6.92 Å². The van der Waals surface area contributed by atoms with Crippen LogP contribution in [0.1, 0.15) is 5.69 Å². The van der Waals surface area contributed by atoms with Gasteiger partial charge in [-0.15, -0.1) is 0 Å². The van der Waals surface area contributed by atoms with Crippen molar-refractivity contribution in [3.63, 3.8) is 0 Å². The van der Waals surface area contributed by atoms with E-state index in [-0.39, 0.29) is 6.03 Å². The number of carbonyl (C=O) groups is 1. The zero-order chi connectivity index (χ0) is 16.2. The summed E-state index contributed by atoms with van der Waals surface area (Å²) in [5, 5.41) is 2.96. The first kappa shape index (κ1) is 16.0. The highest BCUT2D eigenvalue weighted by Crippen LogP contribution is 2.16. The minimum atomic E-state index is -0.0381. The van der Waals surface area contributed by atoms with Crippen molar-refractivity contribution in [1.82, 2.24) is 9.88 Å². The van der Waals surface area contributed by atoms with Gasteiger partial charge in [0, 0.05) is 41.1 Å². The molecule has 1 aliphatic rings. The number of nitrogens with one attached hydrogen (secondary N) is 1. The Morgan fingerprint density at radius 3 is 2.57 bits per heavy atom. The molecule has 2 aromatic rings. The van der Waals surface area contributed by atoms with Crippen LogP contribution < -0.4 is 10.2 Å². The molecule has 1 saturated heterocycles. The Labute approximate surface area is 149 Å². The van der Waals surface area contributed by atoms with Crippen LogP contribution in [-0.2, 0) is 0 Å². The summed E-state index contributed by atoms with van der Waals surface area (Å²) in [7, 11) is 0. The number of amides is 2. The van der Waals surface area contributed by atoms with E-state index in [1.165, 1.54) is 0 Å². The van der Waals surface area contributed by atoms with Gasteiger partial charge >= 0.3 is 6.03 Å². The Morgan fingerprint density at radius 1 is 1.13 bits per heavy atom. The third-order valence-corrected chi connectivity index (χ3v) is 4.51. The third kappa shape index (κ3) is 4.13. The fourth-order valence-electron chi connectivity index (χ4n) is 2.61. The maximum atomic E-state index is 12.4. The molecule has 5 nitrogen and oxygen atoms in total. The van der Waals surface area contributed by atoms with Gasteiger partial charge in [0.15, 0.2) is 0 Å². The first-order valence-corrected chi connectivity index (χ1v) is 8.70. The molecule has 1 aromatic heterocycles. The molecule has 1 aliphatic heterocycles. The number of aryl methyl sites for hydroxylation is 1. The topological polar surface area (TPSA) is 48.5 Å². The lowest BCUT2D eigenvalue weighted by Crippen LogP contribution is -2.50. The number of rotatable bonds is 2. The van der Waals surface area contributed by atoms with Crippen molar-refractivity contribution in [3.05, 3.63) is 51.7 Å². The van der Waals surface area contributed by atoms with Gasteiger partial charge in [0.1, 0.15) is 5.82 Å². The minimum absolute atomic E-state index is 0.0381. The van der Waals surface area contributed by atoms with Crippen LogP contribution in [0, 0.1) is 10.5 Å². The number of hydrogen-bond donors (Lipinski definition) is 1. The van der Waals surface area contributed by atoms with E-state index in [1.807, 2.05) is 54.3 Å². The van der Waals surface area contributed by atoms with Crippen LogP contribution in [0.2, 0.25) is 0 Å². The molecule has 3 rings (SSSR count). The van der Waals surface area contributed by atoms with Gasteiger partial charge in [-0.3, -0.25) is 0 Å². The molecule has 1 aromatic carbocycles. The minimum Gasteiger partial charge on any atom is -0.353 e. The van der Waals surface area contributed by atoms with Crippen molar-refractivity contribution in [1.29, 1.82) is 0 Å². The fraction of sp³-hybridized carbons (Fsp3) is 0.294. The first-order chi connectivity index (χ1) is 11.1. The highest BCUT2D eigenvalue weighted by molar-refractivity contribution is 14.1. The zero-order valence-electron chi connectivity index (χ0n) is 13.0. The van der Waals surface area contributed by atoms with E-state index in [4.69, 9.17) is 0 Å². The van der Waals surface area contributed by atoms with Crippen LogP contribution in [0.4, 0.5) is 16.3 Å². The lowest BCUT2D eigenvalue weighted by molar-refractivity contribution is 0.208. The lowest BCUT2D eigenvalue weighted by atomic mass is 10.3. The lowest BCUT2D eigenvalue weighted by Gasteiger charge is -2.35. The summed E-state index contributed by atoms with van der Waals surface area (Å²) < 4.78 is 1.11. The maximum absolute atomic E-state index is 12.4. The summed E-state index contributed by atoms with van der Waals surface area (Å²) in [4.78, 5) is 21.0. The van der Waals surface area contributed by atoms with Gasteiger partial charge in [-0.2, -0.15) is 0 Å². The molecule has 0 radical (unpaired) electrons. The summed E-state index contributed by atoms with van der Waals surface area (Å²) in [6, 6.07) is 13.8. The van der Waals surface area contributed by atoms with Gasteiger partial charge in [-0.25, -0.2) is 9.78 Å². The van der Waals surface area contributed by atoms with Crippen LogP contribution in [-0.4, -0.2) is 42.1 Å². The molecule has 0 bridgehead atoms. The second-order valence-corrected chi connectivity index (χ2v) is 6.80. The van der Waals surface area contributed by atoms with Gasteiger partial charge in [-0.1, -0.05) is 12.1 Å². The summed E-state index contributed by atoms with van der Waals surface area (Å²) in [5.41, 5.74) is 1.85. The number of nitrogens with zero attached hydrogens (tertiary/aromatic N) is 3. The van der Waals surface area contributed by atoms with Crippen LogP contribution in [0.5, 0.6) is 0 Å². The van der Waals surface area contributed by atoms with E-state index in [0.29, 0.717) is 13.1 Å². The van der Waals surface area contributed by atoms with Crippen LogP contribution in [0.3, 0.4) is 0 Å². The monoisotopic (exact) mass is 422 g/mol. The molecule has 120 valence electrons. The normalized spacial score (nSPS) is 14.7. The number of carbonyl (C=O) groups excluding carboxylic acids is 1. The SMILES string of the molecule is Cc1cccc(N2CCN(C(=O)Nc3cccc(I)c3)CC2)n1. The van der Waals surface area contributed by atoms with Crippen LogP contribution >= 0.6 is 22.6 Å². The number of hydrogen-bond acceptors (Lipinski definition) is 3. The van der Waals surface area contributed by atoms with E-state index < -0.39 is 0 Å². The number of aromatic nitrogens is 1. The summed E-state index contributed by atoms with van der Waals surface area (Å²) >= 11 is 2.24. The average Bonchev–Trinajstić information content (AvgIpc) is 2.55. The Balaban J connectivity index is 1.57. The number of urea groups is 1. The third-order valence-electron chi connectivity index (χ3n) is 3.84. The van der Waals surface area contributed by atoms with Gasteiger partial charge in [-0.05, 0) is 59.8 Å². The predicted molar refractivity (Wildman–Crippen MR) is 101 cm³/mol.